The molecule has 0 spiro atoms. The maximum atomic E-state index is 11.3. The van der Waals surface area contributed by atoms with Gasteiger partial charge in [-0.25, -0.2) is 0 Å². The Bertz CT molecular complexity index is 489. The van der Waals surface area contributed by atoms with Crippen LogP contribution in [0.5, 0.6) is 0 Å². The minimum atomic E-state index is -3.72. The monoisotopic (exact) mass is 326 g/mol. The Labute approximate surface area is 124 Å². The third-order valence-corrected chi connectivity index (χ3v) is 4.35. The topological polar surface area (TPSA) is 101 Å². The Morgan fingerprint density at radius 2 is 1.90 bits per heavy atom. The second kappa shape index (κ2) is 5.41. The Morgan fingerprint density at radius 3 is 2.38 bits per heavy atom. The minimum Gasteiger partial charge on any atom is -0.393 e. The van der Waals surface area contributed by atoms with E-state index in [4.69, 9.17) is 23.1 Å². The molecule has 2 aliphatic heterocycles. The van der Waals surface area contributed by atoms with Crippen molar-refractivity contribution in [2.45, 2.75) is 56.8 Å². The second-order valence-corrected chi connectivity index (χ2v) is 7.40. The zero-order valence-electron chi connectivity index (χ0n) is 12.7. The molecule has 0 aromatic heterocycles. The first kappa shape index (κ1) is 17.1. The number of aliphatic hydroxyl groups is 1. The van der Waals surface area contributed by atoms with Gasteiger partial charge in [-0.3, -0.25) is 4.18 Å². The maximum absolute atomic E-state index is 11.3. The Morgan fingerprint density at radius 1 is 1.29 bits per heavy atom. The fraction of sp³-hybridized carbons (Fsp3) is 1.00. The van der Waals surface area contributed by atoms with E-state index in [1.165, 1.54) is 14.0 Å². The van der Waals surface area contributed by atoms with E-state index < -0.39 is 52.7 Å². The van der Waals surface area contributed by atoms with Gasteiger partial charge in [0.25, 0.3) is 10.1 Å². The molecule has 21 heavy (non-hydrogen) atoms. The van der Waals surface area contributed by atoms with Crippen molar-refractivity contribution in [3.05, 3.63) is 0 Å². The lowest BCUT2D eigenvalue weighted by atomic mass is 9.90. The summed E-state index contributed by atoms with van der Waals surface area (Å²) < 4.78 is 50.1. The molecule has 2 rings (SSSR count). The van der Waals surface area contributed by atoms with E-state index in [0.717, 1.165) is 6.26 Å². The molecule has 8 nitrogen and oxygen atoms in total. The molecule has 5 atom stereocenters. The summed E-state index contributed by atoms with van der Waals surface area (Å²) in [4.78, 5) is 0. The summed E-state index contributed by atoms with van der Waals surface area (Å²) >= 11 is 0. The van der Waals surface area contributed by atoms with Gasteiger partial charge in [-0.15, -0.1) is 0 Å². The summed E-state index contributed by atoms with van der Waals surface area (Å²) in [5.41, 5.74) is -1.39. The highest BCUT2D eigenvalue weighted by Gasteiger charge is 2.64. The van der Waals surface area contributed by atoms with Crippen molar-refractivity contribution in [1.82, 2.24) is 0 Å². The van der Waals surface area contributed by atoms with Crippen molar-refractivity contribution in [1.29, 1.82) is 0 Å². The Kier molecular flexibility index (Phi) is 4.40. The molecule has 0 aromatic carbocycles. The molecule has 0 unspecified atom stereocenters. The van der Waals surface area contributed by atoms with Crippen LogP contribution in [0.1, 0.15) is 20.8 Å². The van der Waals surface area contributed by atoms with E-state index in [9.17, 15) is 13.5 Å². The number of fused-ring (bicyclic) bond motifs is 1. The van der Waals surface area contributed by atoms with Crippen LogP contribution < -0.4 is 0 Å². The van der Waals surface area contributed by atoms with Gasteiger partial charge >= 0.3 is 0 Å². The van der Waals surface area contributed by atoms with E-state index in [1.54, 1.807) is 13.8 Å². The van der Waals surface area contributed by atoms with Gasteiger partial charge in [0, 0.05) is 7.11 Å². The van der Waals surface area contributed by atoms with Crippen LogP contribution in [0.15, 0.2) is 0 Å². The lowest BCUT2D eigenvalue weighted by Gasteiger charge is -2.38. The van der Waals surface area contributed by atoms with Gasteiger partial charge in [0.05, 0.1) is 12.9 Å². The van der Waals surface area contributed by atoms with Crippen molar-refractivity contribution >= 4 is 10.1 Å². The van der Waals surface area contributed by atoms with Gasteiger partial charge in [-0.1, -0.05) is 0 Å². The Balaban J connectivity index is 2.28. The summed E-state index contributed by atoms with van der Waals surface area (Å²) in [5, 5.41) is 9.78. The molecule has 0 bridgehead atoms. The smallest absolute Gasteiger partial charge is 0.264 e. The number of hydrogen-bond donors (Lipinski definition) is 1. The summed E-state index contributed by atoms with van der Waals surface area (Å²) in [7, 11) is -2.28. The summed E-state index contributed by atoms with van der Waals surface area (Å²) in [6.07, 6.45) is -2.11. The van der Waals surface area contributed by atoms with Crippen molar-refractivity contribution in [3.63, 3.8) is 0 Å². The molecule has 0 aliphatic carbocycles. The van der Waals surface area contributed by atoms with Crippen molar-refractivity contribution in [2.24, 2.45) is 0 Å². The first-order valence-corrected chi connectivity index (χ1v) is 8.42. The number of methoxy groups -OCH3 is 1. The van der Waals surface area contributed by atoms with E-state index in [1.807, 2.05) is 0 Å². The fourth-order valence-corrected chi connectivity index (χ4v) is 3.56. The first-order chi connectivity index (χ1) is 9.54. The van der Waals surface area contributed by atoms with Crippen molar-refractivity contribution < 1.29 is 36.7 Å². The van der Waals surface area contributed by atoms with Crippen molar-refractivity contribution in [3.8, 4) is 0 Å². The molecule has 2 fully saturated rings. The molecule has 0 aromatic rings. The zero-order valence-corrected chi connectivity index (χ0v) is 13.5. The van der Waals surface area contributed by atoms with Gasteiger partial charge in [-0.2, -0.15) is 8.42 Å². The van der Waals surface area contributed by atoms with Gasteiger partial charge in [0.2, 0.25) is 0 Å². The third kappa shape index (κ3) is 3.09. The molecular weight excluding hydrogens is 304 g/mol. The molecule has 0 radical (unpaired) electrons. The van der Waals surface area contributed by atoms with Crippen LogP contribution in [0.4, 0.5) is 0 Å². The van der Waals surface area contributed by atoms with Crippen LogP contribution >= 0.6 is 0 Å². The van der Waals surface area contributed by atoms with Gasteiger partial charge in [0.15, 0.2) is 17.7 Å². The minimum absolute atomic E-state index is 0.498. The summed E-state index contributed by atoms with van der Waals surface area (Å²) in [5.74, 6) is -0.839. The zero-order chi connectivity index (χ0) is 16.1. The van der Waals surface area contributed by atoms with Gasteiger partial charge < -0.3 is 24.1 Å². The van der Waals surface area contributed by atoms with Crippen LogP contribution in [0.2, 0.25) is 0 Å². The average molecular weight is 326 g/mol. The lowest BCUT2D eigenvalue weighted by Crippen LogP contribution is -2.57. The van der Waals surface area contributed by atoms with Crippen molar-refractivity contribution in [2.75, 3.05) is 20.0 Å². The van der Waals surface area contributed by atoms with E-state index >= 15 is 0 Å². The maximum Gasteiger partial charge on any atom is 0.264 e. The number of aliphatic hydroxyl groups excluding tert-OH is 1. The first-order valence-electron chi connectivity index (χ1n) is 6.60. The van der Waals surface area contributed by atoms with E-state index in [-0.39, 0.29) is 0 Å². The molecule has 9 heteroatoms. The van der Waals surface area contributed by atoms with Crippen LogP contribution in [0.25, 0.3) is 0 Å². The molecule has 0 amide bonds. The highest BCUT2D eigenvalue weighted by Crippen LogP contribution is 2.45. The molecular formula is C12H22O8S. The lowest BCUT2D eigenvalue weighted by molar-refractivity contribution is -0.263. The molecule has 124 valence electrons. The predicted octanol–water partition coefficient (Wildman–Crippen LogP) is -0.395. The largest absolute Gasteiger partial charge is 0.393 e. The SMILES string of the molecule is CO[C@H]1[C@H]2OC(C)(C)O[C@H]2O[C@@]1(CO)[C@H](C)OS(C)(=O)=O. The normalized spacial score (nSPS) is 40.2. The quantitative estimate of drug-likeness (QED) is 0.682. The molecule has 2 aliphatic rings. The predicted molar refractivity (Wildman–Crippen MR) is 70.9 cm³/mol. The highest BCUT2D eigenvalue weighted by atomic mass is 32.2. The number of hydrogen-bond acceptors (Lipinski definition) is 8. The van der Waals surface area contributed by atoms with Gasteiger partial charge in [0.1, 0.15) is 18.3 Å². The second-order valence-electron chi connectivity index (χ2n) is 5.80. The van der Waals surface area contributed by atoms with Crippen LogP contribution in [0.3, 0.4) is 0 Å². The Hall–Kier alpha value is -0.290. The van der Waals surface area contributed by atoms with Crippen LogP contribution in [-0.2, 0) is 33.2 Å². The van der Waals surface area contributed by atoms with Gasteiger partial charge in [-0.05, 0) is 20.8 Å². The molecule has 0 saturated carbocycles. The average Bonchev–Trinajstić information content (AvgIpc) is 2.75. The number of ether oxygens (including phenoxy) is 4. The molecule has 1 N–H and O–H groups in total. The van der Waals surface area contributed by atoms with E-state index in [2.05, 4.69) is 0 Å². The molecule has 2 saturated heterocycles. The summed E-state index contributed by atoms with van der Waals surface area (Å²) in [6.45, 7) is 4.47. The summed E-state index contributed by atoms with van der Waals surface area (Å²) in [6, 6.07) is 0. The standard InChI is InChI=1S/C12H22O8S/c1-7(20-21(5,14)15)12(6-13)9(16-4)8-10(19-12)18-11(2,3)17-8/h7-10,13H,6H2,1-5H3/t7-,8+,9-,10-,12-/m0/s1. The fourth-order valence-electron chi connectivity index (χ4n) is 2.88. The highest BCUT2D eigenvalue weighted by molar-refractivity contribution is 7.86. The third-order valence-electron chi connectivity index (χ3n) is 3.71. The van der Waals surface area contributed by atoms with E-state index in [0.29, 0.717) is 0 Å². The number of rotatable bonds is 5. The van der Waals surface area contributed by atoms with Crippen LogP contribution in [-0.4, -0.2) is 69.5 Å². The molecule has 2 heterocycles. The van der Waals surface area contributed by atoms with Crippen LogP contribution in [0, 0.1) is 0 Å².